The number of hydrogen-bond acceptors (Lipinski definition) is 3. The van der Waals surface area contributed by atoms with Gasteiger partial charge in [0.15, 0.2) is 0 Å². The number of nitrogens with one attached hydrogen (secondary N) is 2. The molecular weight excluding hydrogens is 216 g/mol. The number of hydrazine groups is 1. The van der Waals surface area contributed by atoms with E-state index in [0.29, 0.717) is 18.2 Å². The van der Waals surface area contributed by atoms with Gasteiger partial charge in [0.25, 0.3) is 0 Å². The summed E-state index contributed by atoms with van der Waals surface area (Å²) in [7, 11) is 0. The van der Waals surface area contributed by atoms with Gasteiger partial charge in [-0.25, -0.2) is 10.2 Å². The molecule has 0 aliphatic rings. The fraction of sp³-hybridized carbons (Fsp3) is 0.308. The molecule has 1 unspecified atom stereocenters. The Morgan fingerprint density at radius 2 is 2.18 bits per heavy atom. The van der Waals surface area contributed by atoms with Crippen LogP contribution in [0.15, 0.2) is 43.0 Å². The highest BCUT2D eigenvalue weighted by Crippen LogP contribution is 2.07. The highest BCUT2D eigenvalue weighted by Gasteiger charge is 2.04. The van der Waals surface area contributed by atoms with Crippen molar-refractivity contribution >= 4 is 6.09 Å². The second kappa shape index (κ2) is 7.46. The van der Waals surface area contributed by atoms with E-state index < -0.39 is 6.09 Å². The lowest BCUT2D eigenvalue weighted by Crippen LogP contribution is -2.41. The smallest absolute Gasteiger partial charge is 0.409 e. The summed E-state index contributed by atoms with van der Waals surface area (Å²) in [5.41, 5.74) is 5.29. The van der Waals surface area contributed by atoms with Crippen LogP contribution in [0.5, 0.6) is 5.75 Å². The zero-order valence-electron chi connectivity index (χ0n) is 9.98. The molecule has 1 aromatic rings. The number of hydrogen-bond donors (Lipinski definition) is 2. The Morgan fingerprint density at radius 1 is 1.47 bits per heavy atom. The van der Waals surface area contributed by atoms with Gasteiger partial charge in [0, 0.05) is 6.54 Å². The molecule has 0 bridgehead atoms. The van der Waals surface area contributed by atoms with E-state index in [9.17, 15) is 4.79 Å². The van der Waals surface area contributed by atoms with Gasteiger partial charge in [-0.2, -0.15) is 0 Å². The molecule has 1 aromatic carbocycles. The third-order valence-corrected chi connectivity index (χ3v) is 2.16. The van der Waals surface area contributed by atoms with Crippen molar-refractivity contribution in [3.63, 3.8) is 0 Å². The fourth-order valence-electron chi connectivity index (χ4n) is 1.29. The molecule has 0 aromatic heterocycles. The molecule has 0 aliphatic carbocycles. The van der Waals surface area contributed by atoms with E-state index in [2.05, 4.69) is 24.4 Å². The first kappa shape index (κ1) is 13.3. The Hall–Kier alpha value is -1.81. The molecule has 92 valence electrons. The Bertz CT molecular complexity index is 352. The van der Waals surface area contributed by atoms with Gasteiger partial charge in [-0.05, 0) is 24.5 Å². The van der Waals surface area contributed by atoms with E-state index in [1.165, 1.54) is 0 Å². The van der Waals surface area contributed by atoms with E-state index in [-0.39, 0.29) is 0 Å². The van der Waals surface area contributed by atoms with Crippen LogP contribution in [0.25, 0.3) is 0 Å². The summed E-state index contributed by atoms with van der Waals surface area (Å²) in [6, 6.07) is 8.92. The summed E-state index contributed by atoms with van der Waals surface area (Å²) in [4.78, 5) is 11.3. The molecule has 0 spiro atoms. The van der Waals surface area contributed by atoms with Crippen molar-refractivity contribution < 1.29 is 9.53 Å². The molecule has 0 fully saturated rings. The standard InChI is InChI=1S/C13H18N2O2/c1-3-7-11(2)10-14-15-13(16)17-12-8-5-4-6-9-12/h3-6,8-9,11,14H,1,7,10H2,2H3,(H,15,16). The van der Waals surface area contributed by atoms with Crippen LogP contribution < -0.4 is 15.6 Å². The molecule has 4 nitrogen and oxygen atoms in total. The van der Waals surface area contributed by atoms with Crippen molar-refractivity contribution in [2.24, 2.45) is 5.92 Å². The van der Waals surface area contributed by atoms with E-state index in [1.54, 1.807) is 12.1 Å². The molecule has 1 atom stereocenters. The van der Waals surface area contributed by atoms with Gasteiger partial charge in [-0.1, -0.05) is 31.2 Å². The van der Waals surface area contributed by atoms with Gasteiger partial charge >= 0.3 is 6.09 Å². The Morgan fingerprint density at radius 3 is 2.82 bits per heavy atom. The van der Waals surface area contributed by atoms with Crippen molar-refractivity contribution in [1.29, 1.82) is 0 Å². The van der Waals surface area contributed by atoms with Crippen LogP contribution in [0.4, 0.5) is 4.79 Å². The summed E-state index contributed by atoms with van der Waals surface area (Å²) >= 11 is 0. The zero-order chi connectivity index (χ0) is 12.5. The van der Waals surface area contributed by atoms with E-state index >= 15 is 0 Å². The zero-order valence-corrected chi connectivity index (χ0v) is 9.98. The number of amides is 1. The molecule has 0 radical (unpaired) electrons. The maximum Gasteiger partial charge on any atom is 0.427 e. The topological polar surface area (TPSA) is 50.4 Å². The molecule has 0 saturated carbocycles. The number of carbonyl (C=O) groups excluding carboxylic acids is 1. The van der Waals surface area contributed by atoms with E-state index in [1.807, 2.05) is 24.3 Å². The van der Waals surface area contributed by atoms with Crippen molar-refractivity contribution in [3.05, 3.63) is 43.0 Å². The van der Waals surface area contributed by atoms with Gasteiger partial charge in [0.1, 0.15) is 5.75 Å². The van der Waals surface area contributed by atoms with Gasteiger partial charge in [0.2, 0.25) is 0 Å². The summed E-state index contributed by atoms with van der Waals surface area (Å²) < 4.78 is 5.02. The second-order valence-electron chi connectivity index (χ2n) is 3.84. The molecule has 2 N–H and O–H groups in total. The lowest BCUT2D eigenvalue weighted by molar-refractivity contribution is 0.194. The minimum absolute atomic E-state index is 0.421. The first-order valence-electron chi connectivity index (χ1n) is 5.59. The molecule has 1 rings (SSSR count). The van der Waals surface area contributed by atoms with Crippen molar-refractivity contribution in [2.75, 3.05) is 6.54 Å². The summed E-state index contributed by atoms with van der Waals surface area (Å²) in [6.45, 7) is 6.40. The monoisotopic (exact) mass is 234 g/mol. The van der Waals surface area contributed by atoms with Crippen LogP contribution in [0.3, 0.4) is 0 Å². The minimum atomic E-state index is -0.512. The fourth-order valence-corrected chi connectivity index (χ4v) is 1.29. The van der Waals surface area contributed by atoms with E-state index in [4.69, 9.17) is 4.74 Å². The van der Waals surface area contributed by atoms with Crippen molar-refractivity contribution in [1.82, 2.24) is 10.9 Å². The highest BCUT2D eigenvalue weighted by atomic mass is 16.6. The first-order chi connectivity index (χ1) is 8.22. The minimum Gasteiger partial charge on any atom is -0.409 e. The van der Waals surface area contributed by atoms with Crippen molar-refractivity contribution in [3.8, 4) is 5.75 Å². The second-order valence-corrected chi connectivity index (χ2v) is 3.84. The summed E-state index contributed by atoms with van der Waals surface area (Å²) in [6.07, 6.45) is 2.25. The number of benzene rings is 1. The molecular formula is C13H18N2O2. The Kier molecular flexibility index (Phi) is 5.82. The van der Waals surface area contributed by atoms with Crippen LogP contribution >= 0.6 is 0 Å². The predicted molar refractivity (Wildman–Crippen MR) is 67.6 cm³/mol. The molecule has 1 amide bonds. The maximum absolute atomic E-state index is 11.3. The normalized spacial score (nSPS) is 11.6. The number of ether oxygens (including phenoxy) is 1. The van der Waals surface area contributed by atoms with Crippen molar-refractivity contribution in [2.45, 2.75) is 13.3 Å². The summed E-state index contributed by atoms with van der Waals surface area (Å²) in [5.74, 6) is 0.940. The van der Waals surface area contributed by atoms with Gasteiger partial charge in [-0.15, -0.1) is 6.58 Å². The van der Waals surface area contributed by atoms with Crippen LogP contribution in [0.1, 0.15) is 13.3 Å². The van der Waals surface area contributed by atoms with Crippen LogP contribution in [-0.2, 0) is 0 Å². The first-order valence-corrected chi connectivity index (χ1v) is 5.59. The average Bonchev–Trinajstić information content (AvgIpc) is 2.30. The Labute approximate surface area is 102 Å². The molecule has 0 saturated heterocycles. The lowest BCUT2D eigenvalue weighted by atomic mass is 10.1. The lowest BCUT2D eigenvalue weighted by Gasteiger charge is -2.11. The third-order valence-electron chi connectivity index (χ3n) is 2.16. The quantitative estimate of drug-likeness (QED) is 0.587. The van der Waals surface area contributed by atoms with Gasteiger partial charge < -0.3 is 4.74 Å². The van der Waals surface area contributed by atoms with E-state index in [0.717, 1.165) is 6.42 Å². The molecule has 4 heteroatoms. The maximum atomic E-state index is 11.3. The van der Waals surface area contributed by atoms with Gasteiger partial charge in [-0.3, -0.25) is 5.43 Å². The molecule has 0 aliphatic heterocycles. The SMILES string of the molecule is C=CCC(C)CNNC(=O)Oc1ccccc1. The van der Waals surface area contributed by atoms with Crippen LogP contribution in [0, 0.1) is 5.92 Å². The molecule has 17 heavy (non-hydrogen) atoms. The Balaban J connectivity index is 2.20. The van der Waals surface area contributed by atoms with Crippen LogP contribution in [-0.4, -0.2) is 12.6 Å². The summed E-state index contributed by atoms with van der Waals surface area (Å²) in [5, 5.41) is 0. The molecule has 0 heterocycles. The largest absolute Gasteiger partial charge is 0.427 e. The highest BCUT2D eigenvalue weighted by molar-refractivity contribution is 5.69. The third kappa shape index (κ3) is 5.73. The number of rotatable bonds is 6. The number of carbonyl (C=O) groups is 1. The van der Waals surface area contributed by atoms with Gasteiger partial charge in [0.05, 0.1) is 0 Å². The van der Waals surface area contributed by atoms with Crippen LogP contribution in [0.2, 0.25) is 0 Å². The predicted octanol–water partition coefficient (Wildman–Crippen LogP) is 2.49. The number of allylic oxidation sites excluding steroid dienone is 1. The number of para-hydroxylation sites is 1. The average molecular weight is 234 g/mol.